The predicted molar refractivity (Wildman–Crippen MR) is 80.5 cm³/mol. The van der Waals surface area contributed by atoms with Gasteiger partial charge in [0.1, 0.15) is 0 Å². The molecule has 1 saturated carbocycles. The van der Waals surface area contributed by atoms with Gasteiger partial charge >= 0.3 is 0 Å². The van der Waals surface area contributed by atoms with E-state index >= 15 is 0 Å². The van der Waals surface area contributed by atoms with Gasteiger partial charge in [0.2, 0.25) is 0 Å². The lowest BCUT2D eigenvalue weighted by Gasteiger charge is -2.34. The Balaban J connectivity index is 2.31. The molecule has 1 N–H and O–H groups in total. The van der Waals surface area contributed by atoms with E-state index in [9.17, 15) is 0 Å². The molecule has 0 aromatic carbocycles. The van der Waals surface area contributed by atoms with Gasteiger partial charge in [0.05, 0.1) is 19.8 Å². The molecule has 3 heteroatoms. The summed E-state index contributed by atoms with van der Waals surface area (Å²) in [4.78, 5) is 0. The van der Waals surface area contributed by atoms with Gasteiger partial charge in [0.25, 0.3) is 0 Å². The molecule has 0 aromatic rings. The number of hydrogen-bond donors (Lipinski definition) is 1. The summed E-state index contributed by atoms with van der Waals surface area (Å²) >= 11 is 0. The maximum Gasteiger partial charge on any atom is 0.0701 e. The van der Waals surface area contributed by atoms with Gasteiger partial charge in [-0.15, -0.1) is 0 Å². The first-order valence-corrected chi connectivity index (χ1v) is 8.11. The van der Waals surface area contributed by atoms with Crippen LogP contribution in [0.25, 0.3) is 0 Å². The average Bonchev–Trinajstić information content (AvgIpc) is 2.47. The Labute approximate surface area is 119 Å². The highest BCUT2D eigenvalue weighted by Crippen LogP contribution is 2.32. The summed E-state index contributed by atoms with van der Waals surface area (Å²) in [5.74, 6) is 1.77. The summed E-state index contributed by atoms with van der Waals surface area (Å²) in [5.41, 5.74) is 0. The summed E-state index contributed by atoms with van der Waals surface area (Å²) < 4.78 is 10.8. The van der Waals surface area contributed by atoms with Gasteiger partial charge in [-0.05, 0) is 37.6 Å². The zero-order valence-electron chi connectivity index (χ0n) is 13.1. The van der Waals surface area contributed by atoms with E-state index in [1.54, 1.807) is 7.11 Å². The van der Waals surface area contributed by atoms with Crippen molar-refractivity contribution in [2.24, 2.45) is 11.8 Å². The first-order valence-electron chi connectivity index (χ1n) is 8.11. The van der Waals surface area contributed by atoms with E-state index in [2.05, 4.69) is 19.2 Å². The van der Waals surface area contributed by atoms with Gasteiger partial charge in [0, 0.05) is 13.2 Å². The lowest BCUT2D eigenvalue weighted by Crippen LogP contribution is -2.42. The quantitative estimate of drug-likeness (QED) is 0.619. The molecule has 0 amide bonds. The highest BCUT2D eigenvalue weighted by atomic mass is 16.5. The molecule has 1 atom stereocenters. The molecule has 0 bridgehead atoms. The molecule has 0 aromatic heterocycles. The van der Waals surface area contributed by atoms with Crippen LogP contribution in [0.4, 0.5) is 0 Å². The van der Waals surface area contributed by atoms with Gasteiger partial charge in [0.15, 0.2) is 0 Å². The summed E-state index contributed by atoms with van der Waals surface area (Å²) in [6.07, 6.45) is 8.09. The molecule has 0 heterocycles. The fourth-order valence-electron chi connectivity index (χ4n) is 3.04. The summed E-state index contributed by atoms with van der Waals surface area (Å²) in [6.45, 7) is 7.90. The molecule has 1 fully saturated rings. The minimum atomic E-state index is 0.537. The Morgan fingerprint density at radius 1 is 1.11 bits per heavy atom. The molecule has 19 heavy (non-hydrogen) atoms. The number of ether oxygens (including phenoxy) is 2. The van der Waals surface area contributed by atoms with Crippen LogP contribution >= 0.6 is 0 Å². The second-order valence-corrected chi connectivity index (χ2v) is 5.82. The monoisotopic (exact) mass is 271 g/mol. The van der Waals surface area contributed by atoms with Crippen LogP contribution < -0.4 is 5.32 Å². The maximum atomic E-state index is 5.75. The van der Waals surface area contributed by atoms with E-state index < -0.39 is 0 Å². The van der Waals surface area contributed by atoms with Crippen LogP contribution in [-0.2, 0) is 9.47 Å². The molecule has 1 unspecified atom stereocenters. The molecule has 1 rings (SSSR count). The van der Waals surface area contributed by atoms with Gasteiger partial charge in [-0.3, -0.25) is 0 Å². The Bertz CT molecular complexity index is 203. The SMILES string of the molecule is CCCNC(COCCOC)C1CCC(CC)CC1. The topological polar surface area (TPSA) is 30.5 Å². The molecule has 0 aliphatic heterocycles. The van der Waals surface area contributed by atoms with Gasteiger partial charge in [-0.25, -0.2) is 0 Å². The zero-order chi connectivity index (χ0) is 13.9. The van der Waals surface area contributed by atoms with Crippen LogP contribution in [-0.4, -0.2) is 39.5 Å². The normalized spacial score (nSPS) is 25.4. The Morgan fingerprint density at radius 2 is 1.84 bits per heavy atom. The second kappa shape index (κ2) is 10.6. The third-order valence-electron chi connectivity index (χ3n) is 4.42. The van der Waals surface area contributed by atoms with Gasteiger partial charge in [-0.2, -0.15) is 0 Å². The van der Waals surface area contributed by atoms with Crippen molar-refractivity contribution < 1.29 is 9.47 Å². The first-order chi connectivity index (χ1) is 9.31. The van der Waals surface area contributed by atoms with Crippen molar-refractivity contribution >= 4 is 0 Å². The third kappa shape index (κ3) is 6.73. The fraction of sp³-hybridized carbons (Fsp3) is 1.00. The Hall–Kier alpha value is -0.120. The smallest absolute Gasteiger partial charge is 0.0701 e. The highest BCUT2D eigenvalue weighted by molar-refractivity contribution is 4.81. The van der Waals surface area contributed by atoms with Crippen LogP contribution in [0.1, 0.15) is 52.4 Å². The van der Waals surface area contributed by atoms with Gasteiger partial charge in [-0.1, -0.05) is 33.1 Å². The van der Waals surface area contributed by atoms with Crippen molar-refractivity contribution in [3.05, 3.63) is 0 Å². The highest BCUT2D eigenvalue weighted by Gasteiger charge is 2.26. The molecule has 114 valence electrons. The average molecular weight is 271 g/mol. The van der Waals surface area contributed by atoms with E-state index in [0.29, 0.717) is 19.3 Å². The molecule has 0 spiro atoms. The van der Waals surface area contributed by atoms with Gasteiger partial charge < -0.3 is 14.8 Å². The molecule has 1 aliphatic rings. The minimum Gasteiger partial charge on any atom is -0.382 e. The van der Waals surface area contributed by atoms with Crippen molar-refractivity contribution in [1.29, 1.82) is 0 Å². The Morgan fingerprint density at radius 3 is 2.42 bits per heavy atom. The van der Waals surface area contributed by atoms with Crippen molar-refractivity contribution in [2.45, 2.75) is 58.4 Å². The summed E-state index contributed by atoms with van der Waals surface area (Å²) in [6, 6.07) is 0.537. The van der Waals surface area contributed by atoms with Crippen LogP contribution in [0.5, 0.6) is 0 Å². The number of nitrogens with one attached hydrogen (secondary N) is 1. The lowest BCUT2D eigenvalue weighted by molar-refractivity contribution is 0.0427. The Kier molecular flexibility index (Phi) is 9.48. The minimum absolute atomic E-state index is 0.537. The van der Waals surface area contributed by atoms with E-state index in [4.69, 9.17) is 9.47 Å². The largest absolute Gasteiger partial charge is 0.382 e. The maximum absolute atomic E-state index is 5.75. The standard InChI is InChI=1S/C16H33NO2/c1-4-10-17-16(13-19-12-11-18-3)15-8-6-14(5-2)7-9-15/h14-17H,4-13H2,1-3H3. The third-order valence-corrected chi connectivity index (χ3v) is 4.42. The second-order valence-electron chi connectivity index (χ2n) is 5.82. The number of hydrogen-bond acceptors (Lipinski definition) is 3. The van der Waals surface area contributed by atoms with Crippen LogP contribution in [0.3, 0.4) is 0 Å². The van der Waals surface area contributed by atoms with Crippen LogP contribution in [0, 0.1) is 11.8 Å². The van der Waals surface area contributed by atoms with Crippen LogP contribution in [0.15, 0.2) is 0 Å². The molecular weight excluding hydrogens is 238 g/mol. The number of rotatable bonds is 10. The summed E-state index contributed by atoms with van der Waals surface area (Å²) in [5, 5.41) is 3.68. The lowest BCUT2D eigenvalue weighted by atomic mass is 9.77. The molecule has 1 aliphatic carbocycles. The number of methoxy groups -OCH3 is 1. The van der Waals surface area contributed by atoms with E-state index in [1.807, 2.05) is 0 Å². The van der Waals surface area contributed by atoms with Crippen LogP contribution in [0.2, 0.25) is 0 Å². The van der Waals surface area contributed by atoms with E-state index in [-0.39, 0.29) is 0 Å². The van der Waals surface area contributed by atoms with Crippen molar-refractivity contribution in [3.63, 3.8) is 0 Å². The van der Waals surface area contributed by atoms with E-state index in [0.717, 1.165) is 25.0 Å². The molecular formula is C16H33NO2. The molecule has 3 nitrogen and oxygen atoms in total. The zero-order valence-corrected chi connectivity index (χ0v) is 13.1. The molecule has 0 radical (unpaired) electrons. The fourth-order valence-corrected chi connectivity index (χ4v) is 3.04. The van der Waals surface area contributed by atoms with Crippen molar-refractivity contribution in [1.82, 2.24) is 5.32 Å². The van der Waals surface area contributed by atoms with E-state index in [1.165, 1.54) is 38.5 Å². The first kappa shape index (κ1) is 16.9. The molecule has 0 saturated heterocycles. The van der Waals surface area contributed by atoms with Crippen molar-refractivity contribution in [2.75, 3.05) is 33.5 Å². The van der Waals surface area contributed by atoms with Crippen molar-refractivity contribution in [3.8, 4) is 0 Å². The predicted octanol–water partition coefficient (Wildman–Crippen LogP) is 3.23. The summed E-state index contributed by atoms with van der Waals surface area (Å²) in [7, 11) is 1.72.